The molecular weight excluding hydrogens is 416 g/mol. The van der Waals surface area contributed by atoms with Gasteiger partial charge in [0, 0.05) is 36.3 Å². The number of phenols is 1. The molecule has 1 saturated carbocycles. The van der Waals surface area contributed by atoms with E-state index in [9.17, 15) is 5.11 Å². The molecule has 168 valence electrons. The molecular formula is C23H30N2O5S. The lowest BCUT2D eigenvalue weighted by Gasteiger charge is -2.59. The van der Waals surface area contributed by atoms with E-state index >= 15 is 0 Å². The van der Waals surface area contributed by atoms with Gasteiger partial charge in [-0.15, -0.1) is 0 Å². The number of aromatic nitrogens is 1. The largest absolute Gasteiger partial charge is 0.508 e. The van der Waals surface area contributed by atoms with Gasteiger partial charge in [0.1, 0.15) is 5.75 Å². The number of rotatable bonds is 3. The minimum absolute atomic E-state index is 0.316. The predicted octanol–water partition coefficient (Wildman–Crippen LogP) is 3.44. The molecule has 3 N–H and O–H groups in total. The van der Waals surface area contributed by atoms with Crippen molar-refractivity contribution in [1.82, 2.24) is 9.88 Å². The number of nitrogens with zero attached hydrogens (tertiary/aromatic N) is 2. The number of likely N-dealkylation sites (tertiary alicyclic amines) is 1. The Kier molecular flexibility index (Phi) is 6.35. The molecule has 1 aliphatic heterocycles. The molecule has 2 heterocycles. The summed E-state index contributed by atoms with van der Waals surface area (Å²) in [6, 6.07) is 13.0. The summed E-state index contributed by atoms with van der Waals surface area (Å²) >= 11 is 0. The van der Waals surface area contributed by atoms with E-state index in [0.717, 1.165) is 25.3 Å². The fraction of sp³-hybridized carbons (Fsp3) is 0.522. The van der Waals surface area contributed by atoms with Gasteiger partial charge in [-0.05, 0) is 73.5 Å². The Morgan fingerprint density at radius 2 is 1.94 bits per heavy atom. The van der Waals surface area contributed by atoms with Crippen LogP contribution in [-0.2, 0) is 28.7 Å². The summed E-state index contributed by atoms with van der Waals surface area (Å²) in [7, 11) is -4.67. The lowest BCUT2D eigenvalue weighted by Crippen LogP contribution is -2.61. The van der Waals surface area contributed by atoms with Gasteiger partial charge in [0.25, 0.3) is 0 Å². The first-order valence-electron chi connectivity index (χ1n) is 10.9. The zero-order valence-corrected chi connectivity index (χ0v) is 18.3. The molecule has 1 saturated heterocycles. The summed E-state index contributed by atoms with van der Waals surface area (Å²) in [5, 5.41) is 10.1. The first-order chi connectivity index (χ1) is 14.8. The lowest BCUT2D eigenvalue weighted by atomic mass is 9.52. The molecule has 5 rings (SSSR count). The maximum absolute atomic E-state index is 10.1. The van der Waals surface area contributed by atoms with Crippen LogP contribution in [0.3, 0.4) is 0 Å². The van der Waals surface area contributed by atoms with Gasteiger partial charge in [-0.25, -0.2) is 0 Å². The molecule has 8 heteroatoms. The van der Waals surface area contributed by atoms with Crippen LogP contribution < -0.4 is 0 Å². The van der Waals surface area contributed by atoms with Gasteiger partial charge >= 0.3 is 10.4 Å². The van der Waals surface area contributed by atoms with Crippen molar-refractivity contribution in [2.24, 2.45) is 5.92 Å². The molecule has 3 atom stereocenters. The highest BCUT2D eigenvalue weighted by atomic mass is 32.3. The Morgan fingerprint density at radius 1 is 1.13 bits per heavy atom. The van der Waals surface area contributed by atoms with Crippen LogP contribution in [0.15, 0.2) is 42.6 Å². The standard InChI is InChI=1S/C23H28N2O.H2O4S/c26-19-8-7-17-15-22-20-6-1-3-10-23(20,21(17)16-19)11-14-25(22)13-9-18-5-2-4-12-24-18;1-5(2,3)4/h2,4-5,7-8,12,16,20,22,26H,1,3,6,9-11,13-15H2;(H2,1,2,3,4)/t20-,22-,23-;/m0./s1. The van der Waals surface area contributed by atoms with E-state index < -0.39 is 10.4 Å². The van der Waals surface area contributed by atoms with Crippen LogP contribution in [0.4, 0.5) is 0 Å². The predicted molar refractivity (Wildman–Crippen MR) is 118 cm³/mol. The van der Waals surface area contributed by atoms with Gasteiger partial charge in [-0.2, -0.15) is 8.42 Å². The van der Waals surface area contributed by atoms with E-state index in [4.69, 9.17) is 17.5 Å². The number of pyridine rings is 1. The van der Waals surface area contributed by atoms with E-state index in [1.165, 1.54) is 55.5 Å². The number of benzene rings is 1. The third-order valence-corrected chi connectivity index (χ3v) is 7.32. The minimum atomic E-state index is -4.67. The molecule has 3 aliphatic rings. The van der Waals surface area contributed by atoms with Gasteiger partial charge in [-0.3, -0.25) is 19.0 Å². The van der Waals surface area contributed by atoms with Crippen molar-refractivity contribution in [2.45, 2.75) is 56.4 Å². The molecule has 31 heavy (non-hydrogen) atoms. The van der Waals surface area contributed by atoms with Crippen LogP contribution in [0.2, 0.25) is 0 Å². The molecule has 2 bridgehead atoms. The smallest absolute Gasteiger partial charge is 0.394 e. The molecule has 1 aromatic heterocycles. The molecule has 2 fully saturated rings. The third-order valence-electron chi connectivity index (χ3n) is 7.32. The van der Waals surface area contributed by atoms with E-state index in [1.54, 1.807) is 0 Å². The number of hydrogen-bond donors (Lipinski definition) is 3. The highest BCUT2D eigenvalue weighted by Crippen LogP contribution is 2.56. The van der Waals surface area contributed by atoms with Crippen molar-refractivity contribution in [3.63, 3.8) is 0 Å². The number of fused-ring (bicyclic) bond motifs is 1. The van der Waals surface area contributed by atoms with Crippen molar-refractivity contribution in [3.05, 3.63) is 59.4 Å². The van der Waals surface area contributed by atoms with Gasteiger partial charge in [0.15, 0.2) is 0 Å². The van der Waals surface area contributed by atoms with E-state index in [-0.39, 0.29) is 0 Å². The van der Waals surface area contributed by atoms with Gasteiger partial charge in [0.2, 0.25) is 0 Å². The fourth-order valence-electron chi connectivity index (χ4n) is 6.15. The molecule has 1 aromatic carbocycles. The zero-order chi connectivity index (χ0) is 22.1. The van der Waals surface area contributed by atoms with Gasteiger partial charge < -0.3 is 5.11 Å². The monoisotopic (exact) mass is 446 g/mol. The Morgan fingerprint density at radius 3 is 2.68 bits per heavy atom. The van der Waals surface area contributed by atoms with E-state index in [0.29, 0.717) is 17.2 Å². The molecule has 2 aliphatic carbocycles. The van der Waals surface area contributed by atoms with Crippen molar-refractivity contribution >= 4 is 10.4 Å². The summed E-state index contributed by atoms with van der Waals surface area (Å²) in [6.45, 7) is 2.30. The second kappa shape index (κ2) is 8.86. The topological polar surface area (TPSA) is 111 Å². The summed E-state index contributed by atoms with van der Waals surface area (Å²) in [4.78, 5) is 7.26. The quantitative estimate of drug-likeness (QED) is 0.619. The summed E-state index contributed by atoms with van der Waals surface area (Å²) in [6.07, 6.45) is 10.7. The Hall–Kier alpha value is -2.00. The van der Waals surface area contributed by atoms with Crippen LogP contribution in [-0.4, -0.2) is 51.6 Å². The zero-order valence-electron chi connectivity index (χ0n) is 17.5. The number of phenolic OH excluding ortho intramolecular Hbond substituents is 1. The number of aromatic hydroxyl groups is 1. The first-order valence-corrected chi connectivity index (χ1v) is 12.3. The SMILES string of the molecule is O=S(=O)(O)O.Oc1ccc2c(c1)[C@]13CCCC[C@H]1[C@H](C2)N(CCc1ccccn1)CC3. The Bertz CT molecular complexity index is 1010. The van der Waals surface area contributed by atoms with Crippen molar-refractivity contribution < 1.29 is 22.6 Å². The number of piperidine rings is 1. The van der Waals surface area contributed by atoms with Crippen molar-refractivity contribution in [3.8, 4) is 5.75 Å². The van der Waals surface area contributed by atoms with Gasteiger partial charge in [-0.1, -0.05) is 25.0 Å². The third kappa shape index (κ3) is 4.92. The lowest BCUT2D eigenvalue weighted by molar-refractivity contribution is -0.0107. The summed E-state index contributed by atoms with van der Waals surface area (Å²) in [5.74, 6) is 1.20. The van der Waals surface area contributed by atoms with Crippen LogP contribution in [0.5, 0.6) is 5.75 Å². The molecule has 2 aromatic rings. The van der Waals surface area contributed by atoms with E-state index in [1.807, 2.05) is 18.3 Å². The van der Waals surface area contributed by atoms with E-state index in [2.05, 4.69) is 34.1 Å². The second-order valence-electron chi connectivity index (χ2n) is 8.93. The van der Waals surface area contributed by atoms with Crippen LogP contribution >= 0.6 is 0 Å². The normalized spacial score (nSPS) is 27.4. The highest BCUT2D eigenvalue weighted by molar-refractivity contribution is 7.79. The Labute approximate surface area is 183 Å². The molecule has 0 spiro atoms. The average Bonchev–Trinajstić information content (AvgIpc) is 2.73. The van der Waals surface area contributed by atoms with Crippen molar-refractivity contribution in [2.75, 3.05) is 13.1 Å². The average molecular weight is 447 g/mol. The van der Waals surface area contributed by atoms with Crippen LogP contribution in [0.1, 0.15) is 48.9 Å². The van der Waals surface area contributed by atoms with Crippen LogP contribution in [0, 0.1) is 5.92 Å². The molecule has 0 radical (unpaired) electrons. The second-order valence-corrected chi connectivity index (χ2v) is 9.82. The summed E-state index contributed by atoms with van der Waals surface area (Å²) in [5.41, 5.74) is 4.47. The Balaban J connectivity index is 0.000000418. The maximum Gasteiger partial charge on any atom is 0.394 e. The maximum atomic E-state index is 10.1. The molecule has 0 unspecified atom stereocenters. The van der Waals surface area contributed by atoms with Crippen molar-refractivity contribution in [1.29, 1.82) is 0 Å². The number of hydrogen-bond acceptors (Lipinski definition) is 5. The van der Waals surface area contributed by atoms with Crippen LogP contribution in [0.25, 0.3) is 0 Å². The van der Waals surface area contributed by atoms with Gasteiger partial charge in [0.05, 0.1) is 0 Å². The first kappa shape index (κ1) is 22.2. The molecule has 7 nitrogen and oxygen atoms in total. The minimum Gasteiger partial charge on any atom is -0.508 e. The fourth-order valence-corrected chi connectivity index (χ4v) is 6.15. The summed E-state index contributed by atoms with van der Waals surface area (Å²) < 4.78 is 31.6. The molecule has 0 amide bonds. The highest BCUT2D eigenvalue weighted by Gasteiger charge is 2.53.